The molecule has 0 saturated carbocycles. The molecule has 0 N–H and O–H groups in total. The Morgan fingerprint density at radius 3 is 3.05 bits per heavy atom. The van der Waals surface area contributed by atoms with Crippen molar-refractivity contribution in [1.82, 2.24) is 14.7 Å². The minimum absolute atomic E-state index is 0.505. The summed E-state index contributed by atoms with van der Waals surface area (Å²) in [5.41, 5.74) is 5.24. The van der Waals surface area contributed by atoms with Gasteiger partial charge in [-0.05, 0) is 48.5 Å². The van der Waals surface area contributed by atoms with Crippen LogP contribution in [0, 0.1) is 0 Å². The van der Waals surface area contributed by atoms with E-state index in [9.17, 15) is 0 Å². The van der Waals surface area contributed by atoms with Crippen molar-refractivity contribution in [1.29, 1.82) is 0 Å². The molecule has 1 aliphatic rings. The van der Waals surface area contributed by atoms with E-state index < -0.39 is 0 Å². The molecule has 0 aliphatic heterocycles. The highest BCUT2D eigenvalue weighted by molar-refractivity contribution is 7.08. The summed E-state index contributed by atoms with van der Waals surface area (Å²) in [7, 11) is 2.19. The monoisotopic (exact) mass is 309 g/mol. The number of hydrogen-bond donors (Lipinski definition) is 0. The van der Waals surface area contributed by atoms with Gasteiger partial charge in [0.05, 0.1) is 12.4 Å². The zero-order valence-corrected chi connectivity index (χ0v) is 13.5. The molecule has 4 rings (SSSR count). The fraction of sp³-hybridized carbons (Fsp3) is 0.278. The fourth-order valence-corrected chi connectivity index (χ4v) is 3.97. The molecule has 0 saturated heterocycles. The minimum atomic E-state index is 0.505. The van der Waals surface area contributed by atoms with Crippen LogP contribution in [0.2, 0.25) is 0 Å². The van der Waals surface area contributed by atoms with Gasteiger partial charge in [-0.15, -0.1) is 0 Å². The van der Waals surface area contributed by atoms with Gasteiger partial charge in [-0.1, -0.05) is 24.3 Å². The highest BCUT2D eigenvalue weighted by Gasteiger charge is 2.25. The lowest BCUT2D eigenvalue weighted by Gasteiger charge is -2.25. The normalized spacial score (nSPS) is 17.1. The van der Waals surface area contributed by atoms with Crippen molar-refractivity contribution >= 4 is 11.3 Å². The van der Waals surface area contributed by atoms with Crippen LogP contribution in [-0.2, 0) is 13.1 Å². The lowest BCUT2D eigenvalue weighted by Crippen LogP contribution is -2.26. The largest absolute Gasteiger partial charge is 0.280 e. The summed E-state index contributed by atoms with van der Waals surface area (Å²) in [6, 6.07) is 13.5. The van der Waals surface area contributed by atoms with Crippen LogP contribution in [-0.4, -0.2) is 21.7 Å². The van der Waals surface area contributed by atoms with Crippen LogP contribution in [0.15, 0.2) is 53.4 Å². The Hall–Kier alpha value is -1.91. The number of nitrogens with zero attached hydrogens (tertiary/aromatic N) is 3. The van der Waals surface area contributed by atoms with E-state index in [0.29, 0.717) is 6.04 Å². The molecule has 2 heterocycles. The van der Waals surface area contributed by atoms with Gasteiger partial charge in [-0.25, -0.2) is 0 Å². The number of hydrogen-bond acceptors (Lipinski definition) is 3. The molecule has 0 spiro atoms. The molecular weight excluding hydrogens is 290 g/mol. The second-order valence-corrected chi connectivity index (χ2v) is 6.68. The maximum absolute atomic E-state index is 4.70. The summed E-state index contributed by atoms with van der Waals surface area (Å²) in [6.45, 7) is 0.823. The van der Waals surface area contributed by atoms with E-state index in [0.717, 1.165) is 12.4 Å². The van der Waals surface area contributed by atoms with Crippen molar-refractivity contribution in [2.24, 2.45) is 0 Å². The van der Waals surface area contributed by atoms with Gasteiger partial charge in [0.2, 0.25) is 0 Å². The van der Waals surface area contributed by atoms with Gasteiger partial charge in [0.1, 0.15) is 0 Å². The summed E-state index contributed by atoms with van der Waals surface area (Å²) in [4.78, 5) is 2.40. The van der Waals surface area contributed by atoms with Crippen molar-refractivity contribution in [3.05, 3.63) is 64.5 Å². The Morgan fingerprint density at radius 2 is 2.18 bits per heavy atom. The molecule has 3 nitrogen and oxygen atoms in total. The van der Waals surface area contributed by atoms with Gasteiger partial charge in [0.15, 0.2) is 0 Å². The Balaban J connectivity index is 1.50. The number of rotatable bonds is 4. The first-order valence-corrected chi connectivity index (χ1v) is 8.59. The SMILES string of the molecule is CN(Cn1ccc(-c2ccsc2)n1)C1CCc2ccccc21. The lowest BCUT2D eigenvalue weighted by atomic mass is 10.1. The van der Waals surface area contributed by atoms with Crippen molar-refractivity contribution in [2.45, 2.75) is 25.6 Å². The third-order valence-electron chi connectivity index (χ3n) is 4.46. The highest BCUT2D eigenvalue weighted by Crippen LogP contribution is 2.35. The van der Waals surface area contributed by atoms with Crippen LogP contribution in [0.4, 0.5) is 0 Å². The maximum atomic E-state index is 4.70. The fourth-order valence-electron chi connectivity index (χ4n) is 3.32. The van der Waals surface area contributed by atoms with Crippen molar-refractivity contribution in [3.63, 3.8) is 0 Å². The van der Waals surface area contributed by atoms with E-state index in [1.807, 2.05) is 4.68 Å². The zero-order chi connectivity index (χ0) is 14.9. The molecule has 1 aromatic carbocycles. The predicted molar refractivity (Wildman–Crippen MR) is 90.8 cm³/mol. The first-order chi connectivity index (χ1) is 10.8. The minimum Gasteiger partial charge on any atom is -0.280 e. The van der Waals surface area contributed by atoms with E-state index in [4.69, 9.17) is 5.10 Å². The van der Waals surface area contributed by atoms with E-state index in [1.54, 1.807) is 11.3 Å². The molecule has 2 aromatic heterocycles. The smallest absolute Gasteiger partial charge is 0.0932 e. The van der Waals surface area contributed by atoms with Crippen molar-refractivity contribution in [3.8, 4) is 11.3 Å². The summed E-state index contributed by atoms with van der Waals surface area (Å²) < 4.78 is 2.04. The number of benzene rings is 1. The molecule has 1 atom stereocenters. The highest BCUT2D eigenvalue weighted by atomic mass is 32.1. The quantitative estimate of drug-likeness (QED) is 0.720. The van der Waals surface area contributed by atoms with Crippen LogP contribution >= 0.6 is 11.3 Å². The average Bonchev–Trinajstić information content (AvgIpc) is 3.27. The number of aryl methyl sites for hydroxylation is 1. The standard InChI is InChI=1S/C18H19N3S/c1-20(18-7-6-14-4-2-3-5-16(14)18)13-21-10-8-17(19-21)15-9-11-22-12-15/h2-5,8-12,18H,6-7,13H2,1H3. The molecule has 4 heteroatoms. The Kier molecular flexibility index (Phi) is 3.56. The molecule has 1 aliphatic carbocycles. The Labute approximate surface area is 134 Å². The number of thiophene rings is 1. The summed E-state index contributed by atoms with van der Waals surface area (Å²) in [5.74, 6) is 0. The first-order valence-electron chi connectivity index (χ1n) is 7.65. The Bertz CT molecular complexity index is 760. The van der Waals surface area contributed by atoms with Crippen LogP contribution in [0.25, 0.3) is 11.3 Å². The third kappa shape index (κ3) is 2.49. The maximum Gasteiger partial charge on any atom is 0.0932 e. The molecule has 0 amide bonds. The number of aromatic nitrogens is 2. The van der Waals surface area contributed by atoms with Gasteiger partial charge in [-0.3, -0.25) is 9.58 Å². The van der Waals surface area contributed by atoms with Crippen molar-refractivity contribution < 1.29 is 0 Å². The summed E-state index contributed by atoms with van der Waals surface area (Å²) >= 11 is 1.71. The topological polar surface area (TPSA) is 21.1 Å². The zero-order valence-electron chi connectivity index (χ0n) is 12.6. The van der Waals surface area contributed by atoms with Gasteiger partial charge >= 0.3 is 0 Å². The molecule has 0 fully saturated rings. The van der Waals surface area contributed by atoms with E-state index in [-0.39, 0.29) is 0 Å². The molecule has 0 radical (unpaired) electrons. The van der Waals surface area contributed by atoms with Gasteiger partial charge in [0.25, 0.3) is 0 Å². The van der Waals surface area contributed by atoms with E-state index in [1.165, 1.54) is 29.5 Å². The molecule has 0 bridgehead atoms. The summed E-state index contributed by atoms with van der Waals surface area (Å²) in [5, 5.41) is 8.94. The molecular formula is C18H19N3S. The summed E-state index contributed by atoms with van der Waals surface area (Å²) in [6.07, 6.45) is 4.46. The number of fused-ring (bicyclic) bond motifs is 1. The van der Waals surface area contributed by atoms with Gasteiger partial charge < -0.3 is 0 Å². The molecule has 3 aromatic rings. The van der Waals surface area contributed by atoms with E-state index >= 15 is 0 Å². The average molecular weight is 309 g/mol. The third-order valence-corrected chi connectivity index (χ3v) is 5.14. The van der Waals surface area contributed by atoms with Crippen molar-refractivity contribution in [2.75, 3.05) is 7.05 Å². The Morgan fingerprint density at radius 1 is 1.27 bits per heavy atom. The van der Waals surface area contributed by atoms with Crippen LogP contribution in [0.1, 0.15) is 23.6 Å². The second kappa shape index (κ2) is 5.71. The van der Waals surface area contributed by atoms with Crippen LogP contribution in [0.5, 0.6) is 0 Å². The lowest BCUT2D eigenvalue weighted by molar-refractivity contribution is 0.183. The molecule has 1 unspecified atom stereocenters. The predicted octanol–water partition coefficient (Wildman–Crippen LogP) is 4.19. The van der Waals surface area contributed by atoms with Crippen LogP contribution < -0.4 is 0 Å². The molecule has 112 valence electrons. The van der Waals surface area contributed by atoms with Crippen LogP contribution in [0.3, 0.4) is 0 Å². The van der Waals surface area contributed by atoms with E-state index in [2.05, 4.69) is 65.3 Å². The van der Waals surface area contributed by atoms with Gasteiger partial charge in [0, 0.05) is 23.2 Å². The van der Waals surface area contributed by atoms with Gasteiger partial charge in [-0.2, -0.15) is 16.4 Å². The molecule has 22 heavy (non-hydrogen) atoms. The second-order valence-electron chi connectivity index (χ2n) is 5.90. The first kappa shape index (κ1) is 13.7.